The van der Waals surface area contributed by atoms with E-state index in [1.165, 1.54) is 0 Å². The molecular weight excluding hydrogens is 216 g/mol. The maximum absolute atomic E-state index is 11.5. The first-order valence-corrected chi connectivity index (χ1v) is 6.99. The third-order valence-electron chi connectivity index (χ3n) is 2.71. The Balaban J connectivity index is 2.85. The van der Waals surface area contributed by atoms with Crippen LogP contribution in [0, 0.1) is 0 Å². The lowest BCUT2D eigenvalue weighted by Gasteiger charge is -2.34. The Morgan fingerprint density at radius 1 is 1.53 bits per heavy atom. The second-order valence-corrected chi connectivity index (χ2v) is 6.25. The summed E-state index contributed by atoms with van der Waals surface area (Å²) in [4.78, 5) is 11.4. The minimum Gasteiger partial charge on any atom is -0.368 e. The summed E-state index contributed by atoms with van der Waals surface area (Å²) >= 11 is 0. The van der Waals surface area contributed by atoms with Crippen molar-refractivity contribution in [3.8, 4) is 0 Å². The zero-order valence-electron chi connectivity index (χ0n) is 8.95. The van der Waals surface area contributed by atoms with E-state index in [0.29, 0.717) is 19.4 Å². The van der Waals surface area contributed by atoms with Gasteiger partial charge in [0.15, 0.2) is 9.84 Å². The van der Waals surface area contributed by atoms with Gasteiger partial charge in [0.1, 0.15) is 5.54 Å². The fraction of sp³-hybridized carbons (Fsp3) is 0.889. The molecule has 0 radical (unpaired) electrons. The molecular formula is C9H18N2O3S. The Kier molecular flexibility index (Phi) is 3.72. The molecule has 6 heteroatoms. The standard InChI is InChI=1S/C9H18N2O3S/c1-2-5-11-9(8(10)12)4-3-6-15(13,14)7-9/h11H,2-7H2,1H3,(H2,10,12). The molecule has 0 aromatic heterocycles. The smallest absolute Gasteiger partial charge is 0.238 e. The van der Waals surface area contributed by atoms with E-state index in [1.807, 2.05) is 6.92 Å². The Morgan fingerprint density at radius 2 is 2.20 bits per heavy atom. The summed E-state index contributed by atoms with van der Waals surface area (Å²) in [6.45, 7) is 2.57. The molecule has 0 spiro atoms. The van der Waals surface area contributed by atoms with Crippen LogP contribution in [0.2, 0.25) is 0 Å². The minimum atomic E-state index is -3.13. The summed E-state index contributed by atoms with van der Waals surface area (Å²) < 4.78 is 23.0. The number of carbonyl (C=O) groups is 1. The maximum Gasteiger partial charge on any atom is 0.238 e. The second kappa shape index (κ2) is 4.49. The van der Waals surface area contributed by atoms with Gasteiger partial charge >= 0.3 is 0 Å². The van der Waals surface area contributed by atoms with Crippen LogP contribution < -0.4 is 11.1 Å². The van der Waals surface area contributed by atoms with E-state index in [2.05, 4.69) is 5.32 Å². The van der Waals surface area contributed by atoms with Gasteiger partial charge in [-0.1, -0.05) is 6.92 Å². The molecule has 1 atom stereocenters. The van der Waals surface area contributed by atoms with Crippen molar-refractivity contribution in [2.75, 3.05) is 18.1 Å². The van der Waals surface area contributed by atoms with Gasteiger partial charge in [0.05, 0.1) is 11.5 Å². The van der Waals surface area contributed by atoms with Crippen molar-refractivity contribution in [1.82, 2.24) is 5.32 Å². The van der Waals surface area contributed by atoms with Crippen LogP contribution in [-0.2, 0) is 14.6 Å². The third kappa shape index (κ3) is 2.92. The van der Waals surface area contributed by atoms with Crippen molar-refractivity contribution in [1.29, 1.82) is 0 Å². The van der Waals surface area contributed by atoms with Crippen molar-refractivity contribution < 1.29 is 13.2 Å². The zero-order chi connectivity index (χ0) is 11.5. The van der Waals surface area contributed by atoms with Gasteiger partial charge in [0.2, 0.25) is 5.91 Å². The number of carbonyl (C=O) groups excluding carboxylic acids is 1. The van der Waals surface area contributed by atoms with Crippen LogP contribution in [0.4, 0.5) is 0 Å². The van der Waals surface area contributed by atoms with E-state index in [0.717, 1.165) is 6.42 Å². The Morgan fingerprint density at radius 3 is 2.67 bits per heavy atom. The normalized spacial score (nSPS) is 29.9. The van der Waals surface area contributed by atoms with Crippen molar-refractivity contribution in [3.63, 3.8) is 0 Å². The highest BCUT2D eigenvalue weighted by Crippen LogP contribution is 2.22. The number of nitrogens with one attached hydrogen (secondary N) is 1. The Labute approximate surface area is 90.3 Å². The highest BCUT2D eigenvalue weighted by molar-refractivity contribution is 7.91. The lowest BCUT2D eigenvalue weighted by atomic mass is 9.94. The van der Waals surface area contributed by atoms with Gasteiger partial charge in [-0.3, -0.25) is 4.79 Å². The van der Waals surface area contributed by atoms with Crippen LogP contribution in [-0.4, -0.2) is 37.9 Å². The fourth-order valence-corrected chi connectivity index (χ4v) is 3.77. The van der Waals surface area contributed by atoms with Crippen molar-refractivity contribution in [3.05, 3.63) is 0 Å². The topological polar surface area (TPSA) is 89.3 Å². The van der Waals surface area contributed by atoms with E-state index in [-0.39, 0.29) is 11.5 Å². The molecule has 0 aromatic carbocycles. The third-order valence-corrected chi connectivity index (χ3v) is 4.55. The van der Waals surface area contributed by atoms with Crippen LogP contribution >= 0.6 is 0 Å². The first kappa shape index (κ1) is 12.4. The van der Waals surface area contributed by atoms with Gasteiger partial charge in [0, 0.05) is 0 Å². The van der Waals surface area contributed by atoms with Crippen LogP contribution in [0.1, 0.15) is 26.2 Å². The van der Waals surface area contributed by atoms with E-state index < -0.39 is 21.3 Å². The van der Waals surface area contributed by atoms with Crippen molar-refractivity contribution in [2.45, 2.75) is 31.7 Å². The predicted octanol–water partition coefficient (Wildman–Crippen LogP) is -0.581. The predicted molar refractivity (Wildman–Crippen MR) is 58.1 cm³/mol. The molecule has 15 heavy (non-hydrogen) atoms. The van der Waals surface area contributed by atoms with Gasteiger partial charge in [-0.25, -0.2) is 8.42 Å². The number of rotatable bonds is 4. The fourth-order valence-electron chi connectivity index (χ4n) is 1.90. The molecule has 1 rings (SSSR count). The van der Waals surface area contributed by atoms with Crippen molar-refractivity contribution in [2.24, 2.45) is 5.73 Å². The molecule has 1 heterocycles. The molecule has 0 aliphatic carbocycles. The molecule has 1 fully saturated rings. The molecule has 0 saturated carbocycles. The van der Waals surface area contributed by atoms with Gasteiger partial charge in [-0.05, 0) is 25.8 Å². The number of amides is 1. The highest BCUT2D eigenvalue weighted by atomic mass is 32.2. The van der Waals surface area contributed by atoms with Gasteiger partial charge < -0.3 is 11.1 Å². The summed E-state index contributed by atoms with van der Waals surface area (Å²) in [5, 5.41) is 2.99. The van der Waals surface area contributed by atoms with Crippen molar-refractivity contribution >= 4 is 15.7 Å². The number of hydrogen-bond donors (Lipinski definition) is 2. The maximum atomic E-state index is 11.5. The summed E-state index contributed by atoms with van der Waals surface area (Å²) in [5.41, 5.74) is 4.26. The van der Waals surface area contributed by atoms with Gasteiger partial charge in [0.25, 0.3) is 0 Å². The lowest BCUT2D eigenvalue weighted by Crippen LogP contribution is -2.61. The number of nitrogens with two attached hydrogens (primary N) is 1. The molecule has 1 aliphatic rings. The first-order chi connectivity index (χ1) is 6.92. The molecule has 0 aromatic rings. The Bertz CT molecular complexity index is 339. The van der Waals surface area contributed by atoms with Crippen LogP contribution in [0.3, 0.4) is 0 Å². The first-order valence-electron chi connectivity index (χ1n) is 5.17. The van der Waals surface area contributed by atoms with E-state index in [4.69, 9.17) is 5.73 Å². The van der Waals surface area contributed by atoms with Gasteiger partial charge in [-0.2, -0.15) is 0 Å². The summed E-state index contributed by atoms with van der Waals surface area (Å²) in [6.07, 6.45) is 1.86. The molecule has 0 bridgehead atoms. The lowest BCUT2D eigenvalue weighted by molar-refractivity contribution is -0.124. The quantitative estimate of drug-likeness (QED) is 0.681. The van der Waals surface area contributed by atoms with Crippen LogP contribution in [0.15, 0.2) is 0 Å². The van der Waals surface area contributed by atoms with Gasteiger partial charge in [-0.15, -0.1) is 0 Å². The SMILES string of the molecule is CCCNC1(C(N)=O)CCCS(=O)(=O)C1. The minimum absolute atomic E-state index is 0.157. The average Bonchev–Trinajstić information content (AvgIpc) is 2.13. The largest absolute Gasteiger partial charge is 0.368 e. The number of primary amides is 1. The van der Waals surface area contributed by atoms with E-state index >= 15 is 0 Å². The molecule has 1 amide bonds. The molecule has 3 N–H and O–H groups in total. The summed E-state index contributed by atoms with van der Waals surface area (Å²) in [6, 6.07) is 0. The van der Waals surface area contributed by atoms with E-state index in [1.54, 1.807) is 0 Å². The van der Waals surface area contributed by atoms with E-state index in [9.17, 15) is 13.2 Å². The average molecular weight is 234 g/mol. The number of sulfone groups is 1. The molecule has 1 saturated heterocycles. The van der Waals surface area contributed by atoms with Crippen LogP contribution in [0.25, 0.3) is 0 Å². The number of hydrogen-bond acceptors (Lipinski definition) is 4. The highest BCUT2D eigenvalue weighted by Gasteiger charge is 2.43. The zero-order valence-corrected chi connectivity index (χ0v) is 9.77. The monoisotopic (exact) mass is 234 g/mol. The second-order valence-electron chi connectivity index (χ2n) is 4.07. The summed E-state index contributed by atoms with van der Waals surface area (Å²) in [5.74, 6) is -0.551. The molecule has 1 unspecified atom stereocenters. The van der Waals surface area contributed by atoms with Crippen LogP contribution in [0.5, 0.6) is 0 Å². The molecule has 1 aliphatic heterocycles. The Hall–Kier alpha value is -0.620. The molecule has 88 valence electrons. The molecule has 5 nitrogen and oxygen atoms in total. The summed E-state index contributed by atoms with van der Waals surface area (Å²) in [7, 11) is -3.13.